The second kappa shape index (κ2) is 19.1. The fraction of sp³-hybridized carbons (Fsp3) is 0.509. The van der Waals surface area contributed by atoms with Crippen molar-refractivity contribution in [3.05, 3.63) is 106 Å². The number of H-pyrrole nitrogens is 1. The summed E-state index contributed by atoms with van der Waals surface area (Å²) < 4.78 is 86.0. The Bertz CT molecular complexity index is 3230. The van der Waals surface area contributed by atoms with E-state index in [9.17, 15) is 41.2 Å². The van der Waals surface area contributed by atoms with E-state index in [1.54, 1.807) is 23.4 Å². The highest BCUT2D eigenvalue weighted by Gasteiger charge is 2.52. The topological polar surface area (TPSA) is 230 Å². The van der Waals surface area contributed by atoms with Gasteiger partial charge in [0.15, 0.2) is 11.4 Å². The highest BCUT2D eigenvalue weighted by Crippen LogP contribution is 2.54. The van der Waals surface area contributed by atoms with Gasteiger partial charge in [-0.3, -0.25) is 19.8 Å². The summed E-state index contributed by atoms with van der Waals surface area (Å²) in [6, 6.07) is 16.7. The molecule has 5 aromatic rings. The average molecular weight is 1060 g/mol. The maximum atomic E-state index is 14.7. The van der Waals surface area contributed by atoms with E-state index in [-0.39, 0.29) is 80.7 Å². The number of aromatic amines is 1. The molecule has 0 radical (unpaired) electrons. The molecule has 3 aliphatic heterocycles. The zero-order valence-electron chi connectivity index (χ0n) is 41.8. The lowest BCUT2D eigenvalue weighted by Crippen LogP contribution is -2.60. The van der Waals surface area contributed by atoms with Gasteiger partial charge in [-0.1, -0.05) is 38.1 Å². The van der Waals surface area contributed by atoms with Crippen LogP contribution in [0.5, 0.6) is 17.2 Å². The second-order valence-electron chi connectivity index (χ2n) is 22.1. The normalized spacial score (nSPS) is 24.7. The largest absolute Gasteiger partial charge is 0.489 e. The van der Waals surface area contributed by atoms with E-state index in [4.69, 9.17) is 9.47 Å². The molecule has 2 atom stereocenters. The molecule has 18 nitrogen and oxygen atoms in total. The van der Waals surface area contributed by atoms with Crippen LogP contribution in [0, 0.1) is 27.3 Å². The molecule has 6 aliphatic rings. The number of pyridine rings is 1. The number of nitrogens with one attached hydrogen (secondary N) is 3. The number of nitro groups is 1. The summed E-state index contributed by atoms with van der Waals surface area (Å²) in [5.74, 6) is -1.25. The Hall–Kier alpha value is -5.87. The summed E-state index contributed by atoms with van der Waals surface area (Å²) in [5.41, 5.74) is 2.11. The predicted molar refractivity (Wildman–Crippen MR) is 276 cm³/mol. The van der Waals surface area contributed by atoms with Gasteiger partial charge in [0.05, 0.1) is 43.9 Å². The van der Waals surface area contributed by atoms with Gasteiger partial charge in [-0.25, -0.2) is 30.9 Å². The van der Waals surface area contributed by atoms with Crippen molar-refractivity contribution >= 4 is 54.0 Å². The molecule has 3 aliphatic carbocycles. The first-order chi connectivity index (χ1) is 35.3. The van der Waals surface area contributed by atoms with Gasteiger partial charge < -0.3 is 29.8 Å². The number of anilines is 2. The summed E-state index contributed by atoms with van der Waals surface area (Å²) >= 11 is 0. The predicted octanol–water partition coefficient (Wildman–Crippen LogP) is 8.36. The van der Waals surface area contributed by atoms with Crippen molar-refractivity contribution in [2.24, 2.45) is 11.3 Å². The van der Waals surface area contributed by atoms with Crippen LogP contribution in [0.4, 0.5) is 21.5 Å². The van der Waals surface area contributed by atoms with Crippen molar-refractivity contribution in [3.8, 4) is 17.2 Å². The number of rotatable bonds is 13. The Morgan fingerprint density at radius 1 is 0.986 bits per heavy atom. The van der Waals surface area contributed by atoms with Crippen LogP contribution in [0.3, 0.4) is 0 Å². The van der Waals surface area contributed by atoms with Crippen LogP contribution in [-0.2, 0) is 20.0 Å². The van der Waals surface area contributed by atoms with Crippen molar-refractivity contribution in [3.63, 3.8) is 0 Å². The van der Waals surface area contributed by atoms with Crippen LogP contribution in [0.2, 0.25) is 0 Å². The average Bonchev–Trinajstić information content (AvgIpc) is 4.18. The third-order valence-electron chi connectivity index (χ3n) is 16.8. The number of halogens is 1. The molecule has 2 aromatic heterocycles. The van der Waals surface area contributed by atoms with E-state index in [1.807, 2.05) is 0 Å². The number of benzene rings is 3. The summed E-state index contributed by atoms with van der Waals surface area (Å²) in [4.78, 5) is 37.1. The molecule has 3 aromatic carbocycles. The van der Waals surface area contributed by atoms with Crippen LogP contribution < -0.4 is 24.4 Å². The van der Waals surface area contributed by atoms with Gasteiger partial charge in [0.2, 0.25) is 10.0 Å². The molecule has 1 spiro atoms. The van der Waals surface area contributed by atoms with Gasteiger partial charge in [0.1, 0.15) is 29.6 Å². The number of piperazine rings is 1. The Morgan fingerprint density at radius 2 is 1.73 bits per heavy atom. The molecule has 3 saturated carbocycles. The monoisotopic (exact) mass is 1050 g/mol. The Kier molecular flexibility index (Phi) is 12.9. The molecule has 1 amide bonds. The van der Waals surface area contributed by atoms with Crippen molar-refractivity contribution in [1.82, 2.24) is 23.9 Å². The molecular formula is C53H63FN8O10S2. The van der Waals surface area contributed by atoms with Crippen LogP contribution in [0.1, 0.15) is 118 Å². The number of hydrogen-bond donors (Lipinski definition) is 4. The fourth-order valence-electron chi connectivity index (χ4n) is 12.3. The maximum absolute atomic E-state index is 14.7. The Labute approximate surface area is 430 Å². The van der Waals surface area contributed by atoms with Crippen molar-refractivity contribution in [2.45, 2.75) is 125 Å². The number of carbonyl (C=O) groups excluding carboxylic acids is 1. The van der Waals surface area contributed by atoms with Gasteiger partial charge in [0, 0.05) is 74.9 Å². The smallest absolute Gasteiger partial charge is 0.297 e. The Balaban J connectivity index is 0.809. The number of nitro benzene ring substituents is 1. The van der Waals surface area contributed by atoms with Gasteiger partial charge in [-0.15, -0.1) is 0 Å². The van der Waals surface area contributed by atoms with Gasteiger partial charge in [0.25, 0.3) is 21.6 Å². The van der Waals surface area contributed by atoms with E-state index in [1.165, 1.54) is 35.7 Å². The molecule has 5 heterocycles. The number of carbonyl (C=O) groups is 1. The molecule has 21 heteroatoms. The molecule has 2 saturated heterocycles. The zero-order chi connectivity index (χ0) is 51.9. The number of aromatic nitrogens is 2. The summed E-state index contributed by atoms with van der Waals surface area (Å²) in [5, 5.41) is 26.0. The van der Waals surface area contributed by atoms with Crippen LogP contribution in [-0.4, -0.2) is 114 Å². The minimum atomic E-state index is -4.75. The highest BCUT2D eigenvalue weighted by molar-refractivity contribution is 7.90. The SMILES string of the molecule is CC(C)c1ccccc1[C@@H]1CN(S(=O)(=O)C2CC2)CCN1C1CC2(CCN(c3ccc(C(=O)NS(=O)(=O)c4cc5c(c([N+](=O)[O-])c4)N[C@@H]([C@H]4CC[C@](C)(O)CC4)CO5)c(Oc4cnc5[nH]cc(F)c5c4)c3)CC2)C1. The maximum Gasteiger partial charge on any atom is 0.297 e. The molecule has 0 bridgehead atoms. The Morgan fingerprint density at radius 3 is 2.45 bits per heavy atom. The number of amides is 1. The lowest BCUT2D eigenvalue weighted by molar-refractivity contribution is -0.384. The zero-order valence-corrected chi connectivity index (χ0v) is 43.4. The number of aliphatic hydroxyl groups is 1. The number of piperidine rings is 1. The van der Waals surface area contributed by atoms with Crippen LogP contribution in [0.25, 0.3) is 11.0 Å². The minimum absolute atomic E-state index is 0.0222. The van der Waals surface area contributed by atoms with Gasteiger partial charge in [-0.05, 0) is 118 Å². The van der Waals surface area contributed by atoms with Gasteiger partial charge >= 0.3 is 0 Å². The number of ether oxygens (including phenoxy) is 2. The van der Waals surface area contributed by atoms with Crippen molar-refractivity contribution in [2.75, 3.05) is 49.5 Å². The van der Waals surface area contributed by atoms with Gasteiger partial charge in [-0.2, -0.15) is 4.31 Å². The van der Waals surface area contributed by atoms with E-state index < -0.39 is 52.9 Å². The summed E-state index contributed by atoms with van der Waals surface area (Å²) in [7, 11) is -8.09. The summed E-state index contributed by atoms with van der Waals surface area (Å²) in [6.45, 7) is 9.27. The molecule has 5 fully saturated rings. The van der Waals surface area contributed by atoms with Crippen molar-refractivity contribution in [1.29, 1.82) is 0 Å². The fourth-order valence-corrected chi connectivity index (χ4v) is 15.1. The molecule has 11 rings (SSSR count). The first-order valence-electron chi connectivity index (χ1n) is 25.8. The number of nitrogens with zero attached hydrogens (tertiary/aromatic N) is 5. The minimum Gasteiger partial charge on any atom is -0.489 e. The molecule has 4 N–H and O–H groups in total. The van der Waals surface area contributed by atoms with Crippen LogP contribution in [0.15, 0.2) is 78.0 Å². The first kappa shape index (κ1) is 50.3. The quantitative estimate of drug-likeness (QED) is 0.0642. The lowest BCUT2D eigenvalue weighted by Gasteiger charge is -2.58. The van der Waals surface area contributed by atoms with E-state index in [2.05, 4.69) is 67.9 Å². The molecular weight excluding hydrogens is 992 g/mol. The first-order valence-corrected chi connectivity index (χ1v) is 28.8. The van der Waals surface area contributed by atoms with Crippen molar-refractivity contribution < 1.29 is 45.5 Å². The third-order valence-corrected chi connectivity index (χ3v) is 20.4. The third kappa shape index (κ3) is 9.69. The summed E-state index contributed by atoms with van der Waals surface area (Å²) in [6.07, 6.45) is 10.3. The lowest BCUT2D eigenvalue weighted by atomic mass is 9.59. The standard InChI is InChI=1S/C53H63FN8O10S2/c1-32(2)39-6-4-5-7-40(39)46-30-60(74(69,70)37-9-10-37)20-21-61(46)35-26-53(27-35)16-18-59(19-17-53)34-8-11-41(47(22-34)72-36-23-42-43(54)29-56-50(42)55-28-36)51(63)58-73(67,68)38-24-45(62(65)66)49-48(25-38)71-31-44(57-49)33-12-14-52(3,64)15-13-33/h4-8,11,22-25,28-29,32-33,35,37,44,46,57,64H,9-10,12-21,26-27,30-31H2,1-3H3,(H,55,56)(H,58,63)/t33-,44-,46+,52-/m1/s1. The van der Waals surface area contributed by atoms with E-state index >= 15 is 0 Å². The number of sulfonamides is 2. The number of fused-ring (bicyclic) bond motifs is 2. The van der Waals surface area contributed by atoms with Crippen LogP contribution >= 0.6 is 0 Å². The molecule has 0 unspecified atom stereocenters. The molecule has 394 valence electrons. The van der Waals surface area contributed by atoms with E-state index in [0.717, 1.165) is 56.3 Å². The molecule has 74 heavy (non-hydrogen) atoms. The second-order valence-corrected chi connectivity index (χ2v) is 26.0. The van der Waals surface area contributed by atoms with E-state index in [0.29, 0.717) is 64.4 Å². The highest BCUT2D eigenvalue weighted by atomic mass is 32.2. The number of hydrogen-bond acceptors (Lipinski definition) is 14.